The van der Waals surface area contributed by atoms with Gasteiger partial charge in [0, 0.05) is 19.6 Å². The van der Waals surface area contributed by atoms with Crippen molar-refractivity contribution in [2.24, 2.45) is 12.0 Å². The molecule has 30 heavy (non-hydrogen) atoms. The summed E-state index contributed by atoms with van der Waals surface area (Å²) in [6, 6.07) is 5.60. The highest BCUT2D eigenvalue weighted by Crippen LogP contribution is 2.23. The highest BCUT2D eigenvalue weighted by Gasteiger charge is 2.28. The minimum Gasteiger partial charge on any atom is -0.494 e. The number of hydrogen-bond acceptors (Lipinski definition) is 6. The molecule has 10 heteroatoms. The molecule has 1 aromatic heterocycles. The van der Waals surface area contributed by atoms with Gasteiger partial charge < -0.3 is 14.2 Å². The van der Waals surface area contributed by atoms with E-state index >= 15 is 0 Å². The van der Waals surface area contributed by atoms with Gasteiger partial charge in [0.25, 0.3) is 5.91 Å². The Morgan fingerprint density at radius 3 is 2.73 bits per heavy atom. The van der Waals surface area contributed by atoms with Gasteiger partial charge in [0.1, 0.15) is 17.3 Å². The largest absolute Gasteiger partial charge is 0.494 e. The van der Waals surface area contributed by atoms with Crippen molar-refractivity contribution in [3.8, 4) is 5.75 Å². The summed E-state index contributed by atoms with van der Waals surface area (Å²) in [6.45, 7) is 4.93. The lowest BCUT2D eigenvalue weighted by Crippen LogP contribution is -2.45. The molecule has 0 aliphatic carbocycles. The van der Waals surface area contributed by atoms with Crippen LogP contribution in [-0.2, 0) is 26.5 Å². The van der Waals surface area contributed by atoms with E-state index in [1.807, 2.05) is 32.0 Å². The molecule has 2 aromatic rings. The van der Waals surface area contributed by atoms with Gasteiger partial charge in [0.2, 0.25) is 5.91 Å². The van der Waals surface area contributed by atoms with Crippen molar-refractivity contribution in [2.75, 3.05) is 24.7 Å². The van der Waals surface area contributed by atoms with Crippen LogP contribution in [0.1, 0.15) is 33.1 Å². The molecule has 0 saturated carbocycles. The molecule has 1 aliphatic heterocycles. The zero-order valence-corrected chi connectivity index (χ0v) is 19.1. The van der Waals surface area contributed by atoms with Gasteiger partial charge in [0.05, 0.1) is 16.8 Å². The van der Waals surface area contributed by atoms with Gasteiger partial charge in [-0.3, -0.25) is 9.59 Å². The second kappa shape index (κ2) is 9.30. The number of amides is 2. The van der Waals surface area contributed by atoms with E-state index in [1.54, 1.807) is 16.5 Å². The second-order valence-electron chi connectivity index (χ2n) is 7.48. The maximum absolute atomic E-state index is 12.4. The number of piperidine rings is 1. The van der Waals surface area contributed by atoms with Gasteiger partial charge >= 0.3 is 0 Å². The van der Waals surface area contributed by atoms with Crippen molar-refractivity contribution in [1.82, 2.24) is 9.47 Å². The van der Waals surface area contributed by atoms with Crippen LogP contribution >= 0.6 is 11.3 Å². The molecule has 1 fully saturated rings. The number of thiazole rings is 1. The van der Waals surface area contributed by atoms with Crippen molar-refractivity contribution >= 4 is 43.2 Å². The predicted octanol–water partition coefficient (Wildman–Crippen LogP) is 1.88. The third-order valence-electron chi connectivity index (χ3n) is 5.12. The first-order valence-electron chi connectivity index (χ1n) is 10.00. The normalized spacial score (nSPS) is 18.0. The minimum atomic E-state index is -3.89. The number of aromatic nitrogens is 1. The van der Waals surface area contributed by atoms with E-state index in [0.717, 1.165) is 35.2 Å². The highest BCUT2D eigenvalue weighted by molar-refractivity contribution is 7.92. The van der Waals surface area contributed by atoms with E-state index in [2.05, 4.69) is 4.99 Å². The van der Waals surface area contributed by atoms with E-state index in [9.17, 15) is 18.0 Å². The van der Waals surface area contributed by atoms with Crippen LogP contribution in [0.2, 0.25) is 0 Å². The summed E-state index contributed by atoms with van der Waals surface area (Å²) >= 11 is 1.28. The molecule has 1 saturated heterocycles. The summed E-state index contributed by atoms with van der Waals surface area (Å²) in [5.41, 5.74) is 0.868. The lowest BCUT2D eigenvalue weighted by atomic mass is 10.0. The van der Waals surface area contributed by atoms with E-state index in [4.69, 9.17) is 4.74 Å². The summed E-state index contributed by atoms with van der Waals surface area (Å²) in [7, 11) is -2.12. The Bertz CT molecular complexity index is 1120. The highest BCUT2D eigenvalue weighted by atomic mass is 32.2. The number of fused-ring (bicyclic) bond motifs is 1. The minimum absolute atomic E-state index is 0.0287. The molecule has 8 nitrogen and oxygen atoms in total. The molecule has 0 bridgehead atoms. The first-order chi connectivity index (χ1) is 14.2. The third kappa shape index (κ3) is 5.28. The molecular formula is C20H27N3O5S2. The van der Waals surface area contributed by atoms with Crippen molar-refractivity contribution in [2.45, 2.75) is 39.2 Å². The monoisotopic (exact) mass is 453 g/mol. The SMILES string of the molecule is CCOc1ccc2c(c1)sc(=NC(=O)CS(=O)(=O)CC(=O)N1CCCCC1C)n2C. The van der Waals surface area contributed by atoms with Crippen molar-refractivity contribution in [3.05, 3.63) is 23.0 Å². The molecule has 0 N–H and O–H groups in total. The van der Waals surface area contributed by atoms with Crippen LogP contribution in [0.5, 0.6) is 5.75 Å². The van der Waals surface area contributed by atoms with Crippen molar-refractivity contribution < 1.29 is 22.7 Å². The Hall–Kier alpha value is -2.20. The van der Waals surface area contributed by atoms with Crippen molar-refractivity contribution in [1.29, 1.82) is 0 Å². The number of aryl methyl sites for hydroxylation is 1. The van der Waals surface area contributed by atoms with Crippen LogP contribution in [0.25, 0.3) is 10.2 Å². The van der Waals surface area contributed by atoms with Gasteiger partial charge in [-0.1, -0.05) is 11.3 Å². The van der Waals surface area contributed by atoms with Gasteiger partial charge in [-0.15, -0.1) is 0 Å². The number of likely N-dealkylation sites (tertiary alicyclic amines) is 1. The lowest BCUT2D eigenvalue weighted by molar-refractivity contribution is -0.131. The van der Waals surface area contributed by atoms with E-state index in [1.165, 1.54) is 11.3 Å². The van der Waals surface area contributed by atoms with E-state index < -0.39 is 33.2 Å². The predicted molar refractivity (Wildman–Crippen MR) is 116 cm³/mol. The number of hydrogen-bond donors (Lipinski definition) is 0. The molecule has 1 unspecified atom stereocenters. The third-order valence-corrected chi connectivity index (χ3v) is 7.59. The zero-order chi connectivity index (χ0) is 21.9. The standard InChI is InChI=1S/C20H27N3O5S2/c1-4-28-15-8-9-16-17(11-15)29-20(22(16)3)21-18(24)12-30(26,27)13-19(25)23-10-6-5-7-14(23)2/h8-9,11,14H,4-7,10,12-13H2,1-3H3. The van der Waals surface area contributed by atoms with Gasteiger partial charge in [-0.05, 0) is 51.3 Å². The molecule has 1 atom stereocenters. The fourth-order valence-corrected chi connectivity index (χ4v) is 5.74. The summed E-state index contributed by atoms with van der Waals surface area (Å²) in [4.78, 5) is 30.7. The van der Waals surface area contributed by atoms with Crippen LogP contribution in [0.3, 0.4) is 0 Å². The Kier molecular flexibility index (Phi) is 6.97. The maximum atomic E-state index is 12.4. The summed E-state index contributed by atoms with van der Waals surface area (Å²) in [5, 5.41) is 0. The fourth-order valence-electron chi connectivity index (χ4n) is 3.60. The number of carbonyl (C=O) groups is 2. The Morgan fingerprint density at radius 1 is 1.27 bits per heavy atom. The molecule has 164 valence electrons. The Balaban J connectivity index is 1.74. The first-order valence-corrected chi connectivity index (χ1v) is 12.6. The molecule has 3 rings (SSSR count). The van der Waals surface area contributed by atoms with E-state index in [-0.39, 0.29) is 6.04 Å². The second-order valence-corrected chi connectivity index (χ2v) is 10.5. The molecule has 1 aliphatic rings. The number of nitrogens with zero attached hydrogens (tertiary/aromatic N) is 3. The average molecular weight is 454 g/mol. The quantitative estimate of drug-likeness (QED) is 0.665. The molecule has 0 spiro atoms. The number of ether oxygens (including phenoxy) is 1. The fraction of sp³-hybridized carbons (Fsp3) is 0.550. The molecule has 1 aromatic carbocycles. The molecule has 2 heterocycles. The molecule has 0 radical (unpaired) electrons. The summed E-state index contributed by atoms with van der Waals surface area (Å²) in [6.07, 6.45) is 2.78. The molecular weight excluding hydrogens is 426 g/mol. The smallest absolute Gasteiger partial charge is 0.263 e. The van der Waals surface area contributed by atoms with Crippen LogP contribution in [0.15, 0.2) is 23.2 Å². The van der Waals surface area contributed by atoms with Crippen molar-refractivity contribution in [3.63, 3.8) is 0 Å². The van der Waals surface area contributed by atoms with Gasteiger partial charge in [-0.2, -0.15) is 4.99 Å². The van der Waals surface area contributed by atoms with Gasteiger partial charge in [0.15, 0.2) is 14.6 Å². The van der Waals surface area contributed by atoms with Crippen LogP contribution in [0.4, 0.5) is 0 Å². The number of rotatable bonds is 6. The number of carbonyl (C=O) groups excluding carboxylic acids is 2. The van der Waals surface area contributed by atoms with E-state index in [0.29, 0.717) is 18.0 Å². The maximum Gasteiger partial charge on any atom is 0.263 e. The topological polar surface area (TPSA) is 98.0 Å². The van der Waals surface area contributed by atoms with Crippen LogP contribution in [-0.4, -0.2) is 60.4 Å². The summed E-state index contributed by atoms with van der Waals surface area (Å²) in [5.74, 6) is -1.93. The Morgan fingerprint density at radius 2 is 2.03 bits per heavy atom. The zero-order valence-electron chi connectivity index (χ0n) is 17.5. The average Bonchev–Trinajstić information content (AvgIpc) is 2.96. The lowest BCUT2D eigenvalue weighted by Gasteiger charge is -2.33. The first kappa shape index (κ1) is 22.5. The number of sulfone groups is 1. The molecule has 2 amide bonds. The van der Waals surface area contributed by atoms with Crippen LogP contribution in [0, 0.1) is 0 Å². The Labute approximate surface area is 180 Å². The van der Waals surface area contributed by atoms with Crippen LogP contribution < -0.4 is 9.54 Å². The van der Waals surface area contributed by atoms with Gasteiger partial charge in [-0.25, -0.2) is 8.42 Å². The summed E-state index contributed by atoms with van der Waals surface area (Å²) < 4.78 is 32.9. The number of benzene rings is 1.